The summed E-state index contributed by atoms with van der Waals surface area (Å²) in [6.45, 7) is 8.00. The lowest BCUT2D eigenvalue weighted by molar-refractivity contribution is 0.0773. The average Bonchev–Trinajstić information content (AvgIpc) is 2.58. The third-order valence-electron chi connectivity index (χ3n) is 4.53. The molecule has 1 aliphatic heterocycles. The summed E-state index contributed by atoms with van der Waals surface area (Å²) in [7, 11) is -3.58. The van der Waals surface area contributed by atoms with Crippen LogP contribution in [-0.4, -0.2) is 50.9 Å². The van der Waals surface area contributed by atoms with Crippen LogP contribution in [0.5, 0.6) is 0 Å². The van der Waals surface area contributed by atoms with Crippen LogP contribution in [0, 0.1) is 0 Å². The topological polar surface area (TPSA) is 78.5 Å². The van der Waals surface area contributed by atoms with Gasteiger partial charge in [-0.3, -0.25) is 4.79 Å². The Morgan fingerprint density at radius 1 is 1.25 bits per heavy atom. The molecule has 1 aliphatic rings. The Bertz CT molecular complexity index is 654. The minimum absolute atomic E-state index is 0.0815. The lowest BCUT2D eigenvalue weighted by Gasteiger charge is -2.30. The standard InChI is InChI=1S/C17H27N3O3S/c1-4-20(5-2)17(21)14-8-10-15(11-9-14)24(22,23)19-16-7-6-12-18-13(16)3/h8-11,13,16,18-19H,4-7,12H2,1-3H3. The molecule has 2 atom stereocenters. The van der Waals surface area contributed by atoms with Crippen molar-refractivity contribution in [1.82, 2.24) is 14.9 Å². The first-order valence-electron chi connectivity index (χ1n) is 8.54. The van der Waals surface area contributed by atoms with Gasteiger partial charge >= 0.3 is 0 Å². The third-order valence-corrected chi connectivity index (χ3v) is 6.04. The Morgan fingerprint density at radius 2 is 1.88 bits per heavy atom. The van der Waals surface area contributed by atoms with Crippen molar-refractivity contribution in [2.45, 2.75) is 50.6 Å². The zero-order chi connectivity index (χ0) is 17.7. The van der Waals surface area contributed by atoms with Crippen molar-refractivity contribution in [2.75, 3.05) is 19.6 Å². The molecule has 0 aromatic heterocycles. The van der Waals surface area contributed by atoms with Crippen molar-refractivity contribution in [3.05, 3.63) is 29.8 Å². The van der Waals surface area contributed by atoms with Gasteiger partial charge in [-0.05, 0) is 64.4 Å². The van der Waals surface area contributed by atoms with Crippen LogP contribution in [0.25, 0.3) is 0 Å². The summed E-state index contributed by atoms with van der Waals surface area (Å²) in [5.41, 5.74) is 0.505. The quantitative estimate of drug-likeness (QED) is 0.814. The van der Waals surface area contributed by atoms with Crippen LogP contribution in [0.15, 0.2) is 29.2 Å². The van der Waals surface area contributed by atoms with Crippen LogP contribution in [0.1, 0.15) is 44.0 Å². The molecule has 0 saturated carbocycles. The van der Waals surface area contributed by atoms with E-state index >= 15 is 0 Å². The van der Waals surface area contributed by atoms with Crippen molar-refractivity contribution in [2.24, 2.45) is 0 Å². The van der Waals surface area contributed by atoms with E-state index in [0.29, 0.717) is 18.7 Å². The second-order valence-electron chi connectivity index (χ2n) is 6.11. The predicted octanol–water partition coefficient (Wildman–Crippen LogP) is 1.59. The molecular formula is C17H27N3O3S. The van der Waals surface area contributed by atoms with E-state index in [4.69, 9.17) is 0 Å². The van der Waals surface area contributed by atoms with E-state index in [0.717, 1.165) is 19.4 Å². The summed E-state index contributed by atoms with van der Waals surface area (Å²) in [5, 5.41) is 3.28. The van der Waals surface area contributed by atoms with Gasteiger partial charge in [0.2, 0.25) is 10.0 Å². The van der Waals surface area contributed by atoms with Crippen molar-refractivity contribution in [3.8, 4) is 0 Å². The van der Waals surface area contributed by atoms with Crippen molar-refractivity contribution in [3.63, 3.8) is 0 Å². The third kappa shape index (κ3) is 4.34. The highest BCUT2D eigenvalue weighted by Gasteiger charge is 2.26. The number of carbonyl (C=O) groups excluding carboxylic acids is 1. The smallest absolute Gasteiger partial charge is 0.253 e. The van der Waals surface area contributed by atoms with Gasteiger partial charge in [-0.1, -0.05) is 0 Å². The Morgan fingerprint density at radius 3 is 2.42 bits per heavy atom. The maximum Gasteiger partial charge on any atom is 0.253 e. The number of sulfonamides is 1. The minimum atomic E-state index is -3.58. The van der Waals surface area contributed by atoms with E-state index in [2.05, 4.69) is 10.0 Å². The molecular weight excluding hydrogens is 326 g/mol. The summed E-state index contributed by atoms with van der Waals surface area (Å²) >= 11 is 0. The van der Waals surface area contributed by atoms with E-state index in [-0.39, 0.29) is 22.9 Å². The van der Waals surface area contributed by atoms with Crippen molar-refractivity contribution < 1.29 is 13.2 Å². The molecule has 1 fully saturated rings. The molecule has 1 aromatic rings. The maximum absolute atomic E-state index is 12.5. The van der Waals surface area contributed by atoms with Crippen LogP contribution in [0.4, 0.5) is 0 Å². The van der Waals surface area contributed by atoms with Gasteiger partial charge < -0.3 is 10.2 Å². The molecule has 1 saturated heterocycles. The van der Waals surface area contributed by atoms with E-state index in [1.807, 2.05) is 20.8 Å². The lowest BCUT2D eigenvalue weighted by atomic mass is 10.0. The zero-order valence-electron chi connectivity index (χ0n) is 14.6. The Labute approximate surface area is 144 Å². The van der Waals surface area contributed by atoms with E-state index < -0.39 is 10.0 Å². The molecule has 7 heteroatoms. The first-order chi connectivity index (χ1) is 11.4. The fourth-order valence-electron chi connectivity index (χ4n) is 2.94. The fourth-order valence-corrected chi connectivity index (χ4v) is 4.29. The summed E-state index contributed by atoms with van der Waals surface area (Å²) in [5.74, 6) is -0.0815. The fraction of sp³-hybridized carbons (Fsp3) is 0.588. The molecule has 0 spiro atoms. The number of hydrogen-bond donors (Lipinski definition) is 2. The highest BCUT2D eigenvalue weighted by molar-refractivity contribution is 7.89. The van der Waals surface area contributed by atoms with E-state index in [1.54, 1.807) is 17.0 Å². The van der Waals surface area contributed by atoms with Crippen LogP contribution >= 0.6 is 0 Å². The highest BCUT2D eigenvalue weighted by Crippen LogP contribution is 2.16. The molecule has 0 radical (unpaired) electrons. The normalized spacial score (nSPS) is 21.5. The van der Waals surface area contributed by atoms with Crippen LogP contribution < -0.4 is 10.0 Å². The second kappa shape index (κ2) is 8.09. The molecule has 1 aromatic carbocycles. The molecule has 2 N–H and O–H groups in total. The summed E-state index contributed by atoms with van der Waals surface area (Å²) < 4.78 is 27.8. The number of nitrogens with zero attached hydrogens (tertiary/aromatic N) is 1. The van der Waals surface area contributed by atoms with Gasteiger partial charge in [-0.25, -0.2) is 13.1 Å². The number of amides is 1. The molecule has 0 aliphatic carbocycles. The van der Waals surface area contributed by atoms with E-state index in [1.165, 1.54) is 12.1 Å². The van der Waals surface area contributed by atoms with Gasteiger partial charge in [-0.2, -0.15) is 0 Å². The molecule has 2 unspecified atom stereocenters. The van der Waals surface area contributed by atoms with Gasteiger partial charge in [0.25, 0.3) is 5.91 Å². The molecule has 2 rings (SSSR count). The number of benzene rings is 1. The summed E-state index contributed by atoms with van der Waals surface area (Å²) in [4.78, 5) is 14.2. The van der Waals surface area contributed by atoms with Crippen LogP contribution in [0.2, 0.25) is 0 Å². The van der Waals surface area contributed by atoms with E-state index in [9.17, 15) is 13.2 Å². The number of hydrogen-bond acceptors (Lipinski definition) is 4. The van der Waals surface area contributed by atoms with Gasteiger partial charge in [0, 0.05) is 30.7 Å². The zero-order valence-corrected chi connectivity index (χ0v) is 15.4. The molecule has 0 bridgehead atoms. The molecule has 24 heavy (non-hydrogen) atoms. The minimum Gasteiger partial charge on any atom is -0.339 e. The Balaban J connectivity index is 2.12. The monoisotopic (exact) mass is 353 g/mol. The highest BCUT2D eigenvalue weighted by atomic mass is 32.2. The molecule has 6 nitrogen and oxygen atoms in total. The largest absolute Gasteiger partial charge is 0.339 e. The molecule has 1 amide bonds. The summed E-state index contributed by atoms with van der Waals surface area (Å²) in [6, 6.07) is 6.16. The van der Waals surface area contributed by atoms with Crippen molar-refractivity contribution in [1.29, 1.82) is 0 Å². The predicted molar refractivity (Wildman–Crippen MR) is 94.5 cm³/mol. The molecule has 134 valence electrons. The maximum atomic E-state index is 12.5. The number of rotatable bonds is 6. The second-order valence-corrected chi connectivity index (χ2v) is 7.83. The van der Waals surface area contributed by atoms with Crippen LogP contribution in [-0.2, 0) is 10.0 Å². The molecule has 1 heterocycles. The Hall–Kier alpha value is -1.44. The van der Waals surface area contributed by atoms with Gasteiger partial charge in [0.15, 0.2) is 0 Å². The average molecular weight is 353 g/mol. The lowest BCUT2D eigenvalue weighted by Crippen LogP contribution is -2.51. The SMILES string of the molecule is CCN(CC)C(=O)c1ccc(S(=O)(=O)NC2CCCNC2C)cc1. The first-order valence-corrected chi connectivity index (χ1v) is 10.0. The first kappa shape index (κ1) is 18.9. The Kier molecular flexibility index (Phi) is 6.37. The summed E-state index contributed by atoms with van der Waals surface area (Å²) in [6.07, 6.45) is 1.78. The van der Waals surface area contributed by atoms with Gasteiger partial charge in [-0.15, -0.1) is 0 Å². The number of carbonyl (C=O) groups is 1. The number of nitrogens with one attached hydrogen (secondary N) is 2. The number of piperidine rings is 1. The van der Waals surface area contributed by atoms with Crippen molar-refractivity contribution >= 4 is 15.9 Å². The van der Waals surface area contributed by atoms with Gasteiger partial charge in [0.1, 0.15) is 0 Å². The van der Waals surface area contributed by atoms with Crippen LogP contribution in [0.3, 0.4) is 0 Å². The van der Waals surface area contributed by atoms with Gasteiger partial charge in [0.05, 0.1) is 4.90 Å².